The highest BCUT2D eigenvalue weighted by molar-refractivity contribution is 7.92. The zero-order valence-electron chi connectivity index (χ0n) is 17.4. The molecule has 0 aliphatic rings. The number of ether oxygens (including phenoxy) is 2. The molecule has 0 aliphatic carbocycles. The first-order valence-electron chi connectivity index (χ1n) is 9.01. The van der Waals surface area contributed by atoms with Gasteiger partial charge in [-0.05, 0) is 42.3 Å². The standard InChI is InChI=1S/C20H22N2O7S2/c1-13-7-17(27-2)10-19(20(13)28-3)31(25,26)22-16-9-15-8-14(12-29-30(4,23)24)5-6-18(15)21-11-16/h5-11,22H,12H2,1-4H3. The van der Waals surface area contributed by atoms with Crippen LogP contribution in [0, 0.1) is 6.92 Å². The minimum atomic E-state index is -4.02. The summed E-state index contributed by atoms with van der Waals surface area (Å²) in [6.07, 6.45) is 2.36. The van der Waals surface area contributed by atoms with Gasteiger partial charge in [0, 0.05) is 11.5 Å². The van der Waals surface area contributed by atoms with Gasteiger partial charge in [-0.25, -0.2) is 8.42 Å². The van der Waals surface area contributed by atoms with Crippen molar-refractivity contribution in [1.82, 2.24) is 4.98 Å². The number of benzene rings is 2. The molecule has 1 N–H and O–H groups in total. The van der Waals surface area contributed by atoms with Crippen molar-refractivity contribution in [2.45, 2.75) is 18.4 Å². The maximum absolute atomic E-state index is 13.1. The lowest BCUT2D eigenvalue weighted by molar-refractivity contribution is 0.312. The number of fused-ring (bicyclic) bond motifs is 1. The molecule has 0 radical (unpaired) electrons. The van der Waals surface area contributed by atoms with Gasteiger partial charge in [0.25, 0.3) is 20.1 Å². The van der Waals surface area contributed by atoms with E-state index in [2.05, 4.69) is 9.71 Å². The van der Waals surface area contributed by atoms with Crippen molar-refractivity contribution in [3.05, 3.63) is 53.7 Å². The molecule has 3 aromatic rings. The van der Waals surface area contributed by atoms with E-state index in [-0.39, 0.29) is 22.9 Å². The van der Waals surface area contributed by atoms with Crippen LogP contribution in [-0.2, 0) is 30.9 Å². The summed E-state index contributed by atoms with van der Waals surface area (Å²) < 4.78 is 66.3. The molecule has 1 aromatic heterocycles. The maximum Gasteiger partial charge on any atom is 0.265 e. The number of aryl methyl sites for hydroxylation is 1. The van der Waals surface area contributed by atoms with Gasteiger partial charge in [0.05, 0.1) is 44.5 Å². The summed E-state index contributed by atoms with van der Waals surface area (Å²) in [7, 11) is -4.76. The molecule has 0 bridgehead atoms. The number of methoxy groups -OCH3 is 2. The SMILES string of the molecule is COc1cc(C)c(OC)c(S(=O)(=O)Nc2cnc3ccc(COS(C)(=O)=O)cc3c2)c1. The summed E-state index contributed by atoms with van der Waals surface area (Å²) in [6, 6.07) is 9.72. The highest BCUT2D eigenvalue weighted by Gasteiger charge is 2.23. The van der Waals surface area contributed by atoms with Crippen molar-refractivity contribution in [2.75, 3.05) is 25.2 Å². The second kappa shape index (κ2) is 8.69. The van der Waals surface area contributed by atoms with Crippen LogP contribution in [0.3, 0.4) is 0 Å². The van der Waals surface area contributed by atoms with Crippen molar-refractivity contribution in [2.24, 2.45) is 0 Å². The molecule has 0 amide bonds. The summed E-state index contributed by atoms with van der Waals surface area (Å²) in [5, 5.41) is 0.614. The van der Waals surface area contributed by atoms with Crippen molar-refractivity contribution >= 4 is 36.7 Å². The van der Waals surface area contributed by atoms with Gasteiger partial charge >= 0.3 is 0 Å². The maximum atomic E-state index is 13.1. The van der Waals surface area contributed by atoms with E-state index in [4.69, 9.17) is 13.7 Å². The Bertz CT molecular complexity index is 1340. The molecule has 1 heterocycles. The quantitative estimate of drug-likeness (QED) is 0.503. The number of aromatic nitrogens is 1. The molecule has 11 heteroatoms. The summed E-state index contributed by atoms with van der Waals surface area (Å²) in [4.78, 5) is 4.19. The lowest BCUT2D eigenvalue weighted by Crippen LogP contribution is -2.15. The summed E-state index contributed by atoms with van der Waals surface area (Å²) in [5.74, 6) is 0.591. The summed E-state index contributed by atoms with van der Waals surface area (Å²) >= 11 is 0. The Balaban J connectivity index is 1.96. The van der Waals surface area contributed by atoms with Crippen molar-refractivity contribution < 1.29 is 30.5 Å². The van der Waals surface area contributed by atoms with Crippen molar-refractivity contribution in [3.8, 4) is 11.5 Å². The molecular formula is C20H22N2O7S2. The van der Waals surface area contributed by atoms with E-state index in [1.807, 2.05) is 0 Å². The van der Waals surface area contributed by atoms with Gasteiger partial charge in [-0.3, -0.25) is 13.9 Å². The van der Waals surface area contributed by atoms with E-state index in [0.717, 1.165) is 6.26 Å². The van der Waals surface area contributed by atoms with E-state index in [9.17, 15) is 16.8 Å². The molecule has 3 rings (SSSR count). The van der Waals surface area contributed by atoms with Gasteiger partial charge in [-0.15, -0.1) is 0 Å². The average Bonchev–Trinajstić information content (AvgIpc) is 2.70. The topological polar surface area (TPSA) is 121 Å². The van der Waals surface area contributed by atoms with Gasteiger partial charge in [0.15, 0.2) is 0 Å². The molecule has 0 saturated carbocycles. The Kier molecular flexibility index (Phi) is 6.39. The van der Waals surface area contributed by atoms with Crippen LogP contribution in [0.1, 0.15) is 11.1 Å². The average molecular weight is 467 g/mol. The normalized spacial score (nSPS) is 12.0. The fourth-order valence-corrected chi connectivity index (χ4v) is 4.64. The van der Waals surface area contributed by atoms with Crippen molar-refractivity contribution in [3.63, 3.8) is 0 Å². The minimum absolute atomic E-state index is 0.0674. The van der Waals surface area contributed by atoms with Gasteiger partial charge < -0.3 is 9.47 Å². The second-order valence-corrected chi connectivity index (χ2v) is 10.1. The van der Waals surface area contributed by atoms with Crippen molar-refractivity contribution in [1.29, 1.82) is 0 Å². The smallest absolute Gasteiger partial charge is 0.265 e. The van der Waals surface area contributed by atoms with Crippen LogP contribution in [-0.4, -0.2) is 42.3 Å². The molecule has 0 unspecified atom stereocenters. The Hall–Kier alpha value is -2.89. The first-order valence-corrected chi connectivity index (χ1v) is 12.3. The van der Waals surface area contributed by atoms with Gasteiger partial charge in [0.1, 0.15) is 16.4 Å². The zero-order chi connectivity index (χ0) is 22.8. The molecule has 0 atom stereocenters. The molecule has 0 saturated heterocycles. The molecule has 31 heavy (non-hydrogen) atoms. The number of nitrogens with zero attached hydrogens (tertiary/aromatic N) is 1. The second-order valence-electron chi connectivity index (χ2n) is 6.80. The molecule has 2 aromatic carbocycles. The first-order chi connectivity index (χ1) is 14.5. The van der Waals surface area contributed by atoms with Gasteiger partial charge in [-0.2, -0.15) is 8.42 Å². The van der Waals surface area contributed by atoms with Crippen LogP contribution in [0.2, 0.25) is 0 Å². The van der Waals surface area contributed by atoms with Crippen LogP contribution >= 0.6 is 0 Å². The number of hydrogen-bond acceptors (Lipinski definition) is 8. The molecule has 166 valence electrons. The summed E-state index contributed by atoms with van der Waals surface area (Å²) in [6.45, 7) is 1.59. The number of pyridine rings is 1. The third-order valence-corrected chi connectivity index (χ3v) is 6.31. The molecule has 9 nitrogen and oxygen atoms in total. The number of anilines is 1. The van der Waals surface area contributed by atoms with Crippen LogP contribution in [0.5, 0.6) is 11.5 Å². The Morgan fingerprint density at radius 2 is 1.74 bits per heavy atom. The minimum Gasteiger partial charge on any atom is -0.497 e. The number of rotatable bonds is 8. The Labute approximate surface area is 181 Å². The lowest BCUT2D eigenvalue weighted by Gasteiger charge is -2.15. The molecule has 0 aliphatic heterocycles. The monoisotopic (exact) mass is 466 g/mol. The van der Waals surface area contributed by atoms with E-state index in [1.165, 1.54) is 26.5 Å². The van der Waals surface area contributed by atoms with Crippen LogP contribution in [0.4, 0.5) is 5.69 Å². The number of sulfonamides is 1. The molecule has 0 spiro atoms. The largest absolute Gasteiger partial charge is 0.497 e. The predicted molar refractivity (Wildman–Crippen MR) is 116 cm³/mol. The lowest BCUT2D eigenvalue weighted by atomic mass is 10.1. The van der Waals surface area contributed by atoms with Crippen LogP contribution in [0.15, 0.2) is 47.5 Å². The fourth-order valence-electron chi connectivity index (χ4n) is 3.00. The summed E-state index contributed by atoms with van der Waals surface area (Å²) in [5.41, 5.74) is 2.05. The van der Waals surface area contributed by atoms with E-state index in [0.29, 0.717) is 27.8 Å². The van der Waals surface area contributed by atoms with E-state index < -0.39 is 20.1 Å². The van der Waals surface area contributed by atoms with E-state index in [1.54, 1.807) is 37.3 Å². The predicted octanol–water partition coefficient (Wildman–Crippen LogP) is 2.84. The van der Waals surface area contributed by atoms with E-state index >= 15 is 0 Å². The van der Waals surface area contributed by atoms with Gasteiger partial charge in [0.2, 0.25) is 0 Å². The first kappa shape index (κ1) is 22.8. The highest BCUT2D eigenvalue weighted by Crippen LogP contribution is 2.33. The third kappa shape index (κ3) is 5.43. The fraction of sp³-hybridized carbons (Fsp3) is 0.250. The number of hydrogen-bond donors (Lipinski definition) is 1. The van der Waals surface area contributed by atoms with Crippen LogP contribution in [0.25, 0.3) is 10.9 Å². The number of nitrogens with one attached hydrogen (secondary N) is 1. The third-order valence-electron chi connectivity index (χ3n) is 4.38. The highest BCUT2D eigenvalue weighted by atomic mass is 32.2. The molecule has 0 fully saturated rings. The Morgan fingerprint density at radius 1 is 1.00 bits per heavy atom. The Morgan fingerprint density at radius 3 is 2.39 bits per heavy atom. The molecular weight excluding hydrogens is 444 g/mol. The zero-order valence-corrected chi connectivity index (χ0v) is 19.0. The van der Waals surface area contributed by atoms with Crippen LogP contribution < -0.4 is 14.2 Å². The van der Waals surface area contributed by atoms with Gasteiger partial charge in [-0.1, -0.05) is 6.07 Å².